The van der Waals surface area contributed by atoms with Crippen LogP contribution in [0.25, 0.3) is 0 Å². The van der Waals surface area contributed by atoms with E-state index in [4.69, 9.17) is 16.3 Å². The van der Waals surface area contributed by atoms with Crippen molar-refractivity contribution in [1.29, 1.82) is 0 Å². The minimum atomic E-state index is -0.697. The van der Waals surface area contributed by atoms with Gasteiger partial charge in [0.15, 0.2) is 6.10 Å². The molecule has 0 aromatic heterocycles. The number of benzene rings is 3. The van der Waals surface area contributed by atoms with Gasteiger partial charge < -0.3 is 15.4 Å². The molecule has 148 valence electrons. The highest BCUT2D eigenvalue weighted by molar-refractivity contribution is 6.33. The van der Waals surface area contributed by atoms with Gasteiger partial charge in [-0.2, -0.15) is 0 Å². The van der Waals surface area contributed by atoms with Gasteiger partial charge in [0.25, 0.3) is 11.8 Å². The first-order chi connectivity index (χ1) is 13.9. The molecular weight excluding hydrogens is 388 g/mol. The van der Waals surface area contributed by atoms with Crippen molar-refractivity contribution < 1.29 is 14.3 Å². The van der Waals surface area contributed by atoms with E-state index in [9.17, 15) is 9.59 Å². The minimum Gasteiger partial charge on any atom is -0.481 e. The summed E-state index contributed by atoms with van der Waals surface area (Å²) in [5.74, 6) is -0.0402. The first-order valence-electron chi connectivity index (χ1n) is 9.13. The summed E-state index contributed by atoms with van der Waals surface area (Å²) in [6.45, 7) is 3.60. The lowest BCUT2D eigenvalue weighted by molar-refractivity contribution is -0.122. The second kappa shape index (κ2) is 9.26. The van der Waals surface area contributed by atoms with E-state index in [0.717, 1.165) is 11.3 Å². The molecule has 0 spiro atoms. The number of para-hydroxylation sites is 2. The highest BCUT2D eigenvalue weighted by Crippen LogP contribution is 2.22. The van der Waals surface area contributed by atoms with Crippen molar-refractivity contribution in [3.8, 4) is 5.75 Å². The maximum atomic E-state index is 12.4. The van der Waals surface area contributed by atoms with Crippen LogP contribution in [0.15, 0.2) is 72.8 Å². The van der Waals surface area contributed by atoms with E-state index < -0.39 is 6.10 Å². The molecule has 0 aliphatic heterocycles. The number of amides is 2. The molecule has 0 aliphatic rings. The van der Waals surface area contributed by atoms with Crippen LogP contribution in [0.4, 0.5) is 11.4 Å². The van der Waals surface area contributed by atoms with Gasteiger partial charge in [0, 0.05) is 11.3 Å². The third-order valence-corrected chi connectivity index (χ3v) is 4.65. The van der Waals surface area contributed by atoms with Gasteiger partial charge in [0.05, 0.1) is 10.7 Å². The summed E-state index contributed by atoms with van der Waals surface area (Å²) >= 11 is 6.06. The Morgan fingerprint density at radius 3 is 2.14 bits per heavy atom. The van der Waals surface area contributed by atoms with E-state index in [1.165, 1.54) is 0 Å². The lowest BCUT2D eigenvalue weighted by Gasteiger charge is -2.16. The topological polar surface area (TPSA) is 67.4 Å². The van der Waals surface area contributed by atoms with E-state index in [0.29, 0.717) is 22.0 Å². The number of anilines is 2. The largest absolute Gasteiger partial charge is 0.481 e. The van der Waals surface area contributed by atoms with Gasteiger partial charge in [0.2, 0.25) is 0 Å². The fourth-order valence-corrected chi connectivity index (χ4v) is 2.83. The van der Waals surface area contributed by atoms with Crippen molar-refractivity contribution in [2.45, 2.75) is 20.0 Å². The number of hydrogen-bond donors (Lipinski definition) is 2. The Morgan fingerprint density at radius 1 is 0.862 bits per heavy atom. The zero-order valence-electron chi connectivity index (χ0n) is 16.1. The quantitative estimate of drug-likeness (QED) is 0.581. The molecule has 2 amide bonds. The van der Waals surface area contributed by atoms with Gasteiger partial charge >= 0.3 is 0 Å². The zero-order valence-corrected chi connectivity index (χ0v) is 16.9. The molecule has 0 fully saturated rings. The van der Waals surface area contributed by atoms with Gasteiger partial charge in [-0.15, -0.1) is 0 Å². The number of halogens is 1. The molecule has 1 atom stereocenters. The number of carbonyl (C=O) groups is 2. The molecule has 0 saturated heterocycles. The Bertz CT molecular complexity index is 1020. The van der Waals surface area contributed by atoms with Crippen LogP contribution >= 0.6 is 11.6 Å². The number of carbonyl (C=O) groups excluding carboxylic acids is 2. The Kier molecular flexibility index (Phi) is 6.52. The van der Waals surface area contributed by atoms with Crippen molar-refractivity contribution in [3.63, 3.8) is 0 Å². The van der Waals surface area contributed by atoms with Crippen LogP contribution in [0, 0.1) is 6.92 Å². The van der Waals surface area contributed by atoms with E-state index in [1.807, 2.05) is 31.2 Å². The SMILES string of the molecule is Cc1ccccc1NC(=O)[C@@H](C)Oc1ccc(C(=O)Nc2ccccc2Cl)cc1. The molecule has 0 saturated carbocycles. The van der Waals surface area contributed by atoms with E-state index >= 15 is 0 Å². The lowest BCUT2D eigenvalue weighted by Crippen LogP contribution is -2.30. The van der Waals surface area contributed by atoms with Crippen molar-refractivity contribution in [2.24, 2.45) is 0 Å². The Balaban J connectivity index is 1.59. The van der Waals surface area contributed by atoms with Crippen molar-refractivity contribution in [3.05, 3.63) is 88.9 Å². The fraction of sp³-hybridized carbons (Fsp3) is 0.130. The fourth-order valence-electron chi connectivity index (χ4n) is 2.65. The molecule has 3 aromatic carbocycles. The molecule has 0 heterocycles. The molecule has 0 radical (unpaired) electrons. The molecule has 3 aromatic rings. The second-order valence-corrected chi connectivity index (χ2v) is 6.93. The summed E-state index contributed by atoms with van der Waals surface area (Å²) in [4.78, 5) is 24.7. The molecule has 3 rings (SSSR count). The molecule has 0 bridgehead atoms. The number of rotatable bonds is 6. The first-order valence-corrected chi connectivity index (χ1v) is 9.51. The highest BCUT2D eigenvalue weighted by atomic mass is 35.5. The molecule has 2 N–H and O–H groups in total. The monoisotopic (exact) mass is 408 g/mol. The molecule has 0 aliphatic carbocycles. The van der Waals surface area contributed by atoms with E-state index in [2.05, 4.69) is 10.6 Å². The predicted octanol–water partition coefficient (Wildman–Crippen LogP) is 5.31. The molecule has 6 heteroatoms. The third kappa shape index (κ3) is 5.36. The Hall–Kier alpha value is -3.31. The van der Waals surface area contributed by atoms with Gasteiger partial charge in [-0.1, -0.05) is 41.9 Å². The predicted molar refractivity (Wildman–Crippen MR) is 116 cm³/mol. The number of nitrogens with one attached hydrogen (secondary N) is 2. The van der Waals surface area contributed by atoms with Crippen LogP contribution in [0.1, 0.15) is 22.8 Å². The van der Waals surface area contributed by atoms with Gasteiger partial charge in [-0.3, -0.25) is 9.59 Å². The standard InChI is InChI=1S/C23H21ClN2O3/c1-15-7-3-5-9-20(15)25-22(27)16(2)29-18-13-11-17(12-14-18)23(28)26-21-10-6-4-8-19(21)24/h3-14,16H,1-2H3,(H,25,27)(H,26,28)/t16-/m1/s1. The van der Waals surface area contributed by atoms with Gasteiger partial charge in [-0.05, 0) is 61.9 Å². The van der Waals surface area contributed by atoms with Crippen LogP contribution in [0.3, 0.4) is 0 Å². The Labute approximate surface area is 174 Å². The third-order valence-electron chi connectivity index (χ3n) is 4.32. The molecular formula is C23H21ClN2O3. The normalized spacial score (nSPS) is 11.4. The maximum Gasteiger partial charge on any atom is 0.265 e. The van der Waals surface area contributed by atoms with Crippen molar-refractivity contribution in [1.82, 2.24) is 0 Å². The average molecular weight is 409 g/mol. The number of hydrogen-bond acceptors (Lipinski definition) is 3. The van der Waals surface area contributed by atoms with E-state index in [1.54, 1.807) is 55.5 Å². The maximum absolute atomic E-state index is 12.4. The summed E-state index contributed by atoms with van der Waals surface area (Å²) in [5, 5.41) is 6.08. The lowest BCUT2D eigenvalue weighted by atomic mass is 10.2. The zero-order chi connectivity index (χ0) is 20.8. The summed E-state index contributed by atoms with van der Waals surface area (Å²) in [6.07, 6.45) is -0.697. The highest BCUT2D eigenvalue weighted by Gasteiger charge is 2.16. The smallest absolute Gasteiger partial charge is 0.265 e. The van der Waals surface area contributed by atoms with Crippen molar-refractivity contribution in [2.75, 3.05) is 10.6 Å². The number of aryl methyl sites for hydroxylation is 1. The van der Waals surface area contributed by atoms with Crippen molar-refractivity contribution >= 4 is 34.8 Å². The van der Waals surface area contributed by atoms with Gasteiger partial charge in [0.1, 0.15) is 5.75 Å². The molecule has 0 unspecified atom stereocenters. The van der Waals surface area contributed by atoms with Crippen LogP contribution < -0.4 is 15.4 Å². The first kappa shape index (κ1) is 20.4. The summed E-state index contributed by atoms with van der Waals surface area (Å²) < 4.78 is 5.70. The van der Waals surface area contributed by atoms with Crippen LogP contribution in [-0.2, 0) is 4.79 Å². The van der Waals surface area contributed by atoms with Crippen LogP contribution in [-0.4, -0.2) is 17.9 Å². The second-order valence-electron chi connectivity index (χ2n) is 6.52. The molecule has 5 nitrogen and oxygen atoms in total. The van der Waals surface area contributed by atoms with Gasteiger partial charge in [-0.25, -0.2) is 0 Å². The summed E-state index contributed by atoms with van der Waals surface area (Å²) in [7, 11) is 0. The number of ether oxygens (including phenoxy) is 1. The van der Waals surface area contributed by atoms with Crippen LogP contribution in [0.5, 0.6) is 5.75 Å². The molecule has 29 heavy (non-hydrogen) atoms. The van der Waals surface area contributed by atoms with E-state index in [-0.39, 0.29) is 11.8 Å². The summed E-state index contributed by atoms with van der Waals surface area (Å²) in [5.41, 5.74) is 2.72. The minimum absolute atomic E-state index is 0.250. The Morgan fingerprint density at radius 2 is 1.48 bits per heavy atom. The van der Waals surface area contributed by atoms with Crippen LogP contribution in [0.2, 0.25) is 5.02 Å². The summed E-state index contributed by atoms with van der Waals surface area (Å²) in [6, 6.07) is 21.1. The average Bonchev–Trinajstić information content (AvgIpc) is 2.72.